The molecular weight excluding hydrogens is 334 g/mol. The number of nitrogens with zero attached hydrogens (tertiary/aromatic N) is 1. The molecule has 0 aliphatic heterocycles. The first kappa shape index (κ1) is 20.5. The van der Waals surface area contributed by atoms with Crippen molar-refractivity contribution in [3.05, 3.63) is 65.7 Å². The first-order valence-electron chi connectivity index (χ1n) is 9.62. The third kappa shape index (κ3) is 6.42. The molecule has 0 amide bonds. The summed E-state index contributed by atoms with van der Waals surface area (Å²) in [4.78, 5) is 12.2. The molecular formula is C24H27NO2. The Kier molecular flexibility index (Phi) is 8.32. The van der Waals surface area contributed by atoms with E-state index in [4.69, 9.17) is 4.74 Å². The summed E-state index contributed by atoms with van der Waals surface area (Å²) < 4.78 is 5.38. The van der Waals surface area contributed by atoms with Crippen LogP contribution in [0.15, 0.2) is 60.2 Å². The summed E-state index contributed by atoms with van der Waals surface area (Å²) in [7, 11) is 0. The summed E-state index contributed by atoms with van der Waals surface area (Å²) in [6.45, 7) is 4.63. The fourth-order valence-corrected chi connectivity index (χ4v) is 2.88. The lowest BCUT2D eigenvalue weighted by atomic mass is 10.0. The molecule has 140 valence electrons. The van der Waals surface area contributed by atoms with E-state index >= 15 is 0 Å². The molecule has 0 N–H and O–H groups in total. The Bertz CT molecular complexity index is 785. The minimum absolute atomic E-state index is 0.0350. The summed E-state index contributed by atoms with van der Waals surface area (Å²) in [5, 5.41) is 9.34. The van der Waals surface area contributed by atoms with Gasteiger partial charge >= 0.3 is 5.97 Å². The average molecular weight is 361 g/mol. The second-order valence-electron chi connectivity index (χ2n) is 6.67. The van der Waals surface area contributed by atoms with Crippen LogP contribution in [0.5, 0.6) is 0 Å². The van der Waals surface area contributed by atoms with Crippen molar-refractivity contribution in [2.45, 2.75) is 39.5 Å². The molecule has 2 aromatic carbocycles. The van der Waals surface area contributed by atoms with Gasteiger partial charge in [-0.15, -0.1) is 0 Å². The molecule has 0 heterocycles. The van der Waals surface area contributed by atoms with Gasteiger partial charge in [0.1, 0.15) is 11.6 Å². The Morgan fingerprint density at radius 2 is 1.74 bits per heavy atom. The second kappa shape index (κ2) is 11.0. The van der Waals surface area contributed by atoms with Crippen molar-refractivity contribution in [3.8, 4) is 17.2 Å². The van der Waals surface area contributed by atoms with Gasteiger partial charge in [0.05, 0.1) is 6.61 Å². The lowest BCUT2D eigenvalue weighted by Gasteiger charge is -2.14. The molecule has 0 saturated carbocycles. The normalized spacial score (nSPS) is 12.3. The van der Waals surface area contributed by atoms with E-state index in [0.29, 0.717) is 12.5 Å². The fourth-order valence-electron chi connectivity index (χ4n) is 2.88. The van der Waals surface area contributed by atoms with Crippen molar-refractivity contribution < 1.29 is 9.53 Å². The zero-order valence-electron chi connectivity index (χ0n) is 16.2. The molecule has 2 rings (SSSR count). The van der Waals surface area contributed by atoms with Crippen molar-refractivity contribution in [3.63, 3.8) is 0 Å². The molecule has 0 aliphatic rings. The lowest BCUT2D eigenvalue weighted by Crippen LogP contribution is -2.14. The van der Waals surface area contributed by atoms with Crippen LogP contribution in [0.4, 0.5) is 0 Å². The number of unbranched alkanes of at least 4 members (excludes halogenated alkanes) is 1. The number of benzene rings is 2. The van der Waals surface area contributed by atoms with Gasteiger partial charge in [0, 0.05) is 0 Å². The van der Waals surface area contributed by atoms with Gasteiger partial charge < -0.3 is 4.74 Å². The van der Waals surface area contributed by atoms with E-state index in [9.17, 15) is 10.1 Å². The van der Waals surface area contributed by atoms with E-state index in [0.717, 1.165) is 42.4 Å². The van der Waals surface area contributed by atoms with Crippen molar-refractivity contribution >= 4 is 12.0 Å². The minimum Gasteiger partial charge on any atom is -0.461 e. The van der Waals surface area contributed by atoms with Crippen LogP contribution in [-0.2, 0) is 9.53 Å². The Morgan fingerprint density at radius 1 is 1.07 bits per heavy atom. The predicted molar refractivity (Wildman–Crippen MR) is 110 cm³/mol. The first-order chi connectivity index (χ1) is 13.2. The van der Waals surface area contributed by atoms with Gasteiger partial charge in [-0.3, -0.25) is 0 Å². The number of hydrogen-bond acceptors (Lipinski definition) is 3. The van der Waals surface area contributed by atoms with Crippen molar-refractivity contribution in [2.75, 3.05) is 6.61 Å². The van der Waals surface area contributed by atoms with Crippen molar-refractivity contribution in [1.82, 2.24) is 0 Å². The van der Waals surface area contributed by atoms with Crippen molar-refractivity contribution in [1.29, 1.82) is 5.26 Å². The van der Waals surface area contributed by atoms with E-state index in [1.807, 2.05) is 60.7 Å². The number of nitriles is 1. The maximum atomic E-state index is 12.2. The van der Waals surface area contributed by atoms with Crippen LogP contribution in [-0.4, -0.2) is 12.6 Å². The smallest absolute Gasteiger partial charge is 0.348 e. The molecule has 0 spiro atoms. The average Bonchev–Trinajstić information content (AvgIpc) is 2.73. The summed E-state index contributed by atoms with van der Waals surface area (Å²) >= 11 is 0. The van der Waals surface area contributed by atoms with Gasteiger partial charge in [-0.05, 0) is 35.1 Å². The third-order valence-corrected chi connectivity index (χ3v) is 4.66. The molecule has 0 fully saturated rings. The molecule has 0 radical (unpaired) electrons. The van der Waals surface area contributed by atoms with E-state index in [1.54, 1.807) is 6.08 Å². The molecule has 1 atom stereocenters. The van der Waals surface area contributed by atoms with Crippen LogP contribution in [0, 0.1) is 17.2 Å². The lowest BCUT2D eigenvalue weighted by molar-refractivity contribution is -0.139. The Balaban J connectivity index is 2.02. The molecule has 2 aromatic rings. The highest BCUT2D eigenvalue weighted by atomic mass is 16.5. The predicted octanol–water partition coefficient (Wildman–Crippen LogP) is 6.02. The van der Waals surface area contributed by atoms with Crippen LogP contribution in [0.25, 0.3) is 17.2 Å². The monoisotopic (exact) mass is 361 g/mol. The van der Waals surface area contributed by atoms with Gasteiger partial charge in [-0.25, -0.2) is 4.79 Å². The molecule has 27 heavy (non-hydrogen) atoms. The molecule has 3 nitrogen and oxygen atoms in total. The van der Waals surface area contributed by atoms with Crippen molar-refractivity contribution in [2.24, 2.45) is 5.92 Å². The highest BCUT2D eigenvalue weighted by Crippen LogP contribution is 2.20. The van der Waals surface area contributed by atoms with Gasteiger partial charge in [0.2, 0.25) is 0 Å². The molecule has 1 unspecified atom stereocenters. The van der Waals surface area contributed by atoms with Crippen LogP contribution in [0.2, 0.25) is 0 Å². The number of ether oxygens (including phenoxy) is 1. The van der Waals surface area contributed by atoms with Gasteiger partial charge in [-0.1, -0.05) is 87.7 Å². The number of esters is 1. The topological polar surface area (TPSA) is 50.1 Å². The summed E-state index contributed by atoms with van der Waals surface area (Å²) in [5.74, 6) is -0.182. The molecule has 3 heteroatoms. The summed E-state index contributed by atoms with van der Waals surface area (Å²) in [6.07, 6.45) is 5.87. The van der Waals surface area contributed by atoms with E-state index in [-0.39, 0.29) is 5.57 Å². The second-order valence-corrected chi connectivity index (χ2v) is 6.67. The maximum absolute atomic E-state index is 12.2. The molecule has 0 aliphatic carbocycles. The summed E-state index contributed by atoms with van der Waals surface area (Å²) in [5.41, 5.74) is 3.06. The molecule has 0 saturated heterocycles. The van der Waals surface area contributed by atoms with E-state index in [1.165, 1.54) is 0 Å². The summed E-state index contributed by atoms with van der Waals surface area (Å²) in [6, 6.07) is 19.8. The molecule has 0 aromatic heterocycles. The van der Waals surface area contributed by atoms with Gasteiger partial charge in [0.25, 0.3) is 0 Å². The first-order valence-corrected chi connectivity index (χ1v) is 9.62. The fraction of sp³-hybridized carbons (Fsp3) is 0.333. The van der Waals surface area contributed by atoms with E-state index < -0.39 is 5.97 Å². The van der Waals surface area contributed by atoms with Crippen LogP contribution < -0.4 is 0 Å². The Hall–Kier alpha value is -2.86. The van der Waals surface area contributed by atoms with Crippen LogP contribution in [0.3, 0.4) is 0 Å². The zero-order valence-corrected chi connectivity index (χ0v) is 16.2. The van der Waals surface area contributed by atoms with Crippen LogP contribution in [0.1, 0.15) is 45.1 Å². The Morgan fingerprint density at radius 3 is 2.33 bits per heavy atom. The van der Waals surface area contributed by atoms with E-state index in [2.05, 4.69) is 13.8 Å². The Labute approximate surface area is 162 Å². The van der Waals surface area contributed by atoms with Gasteiger partial charge in [0.15, 0.2) is 0 Å². The minimum atomic E-state index is -0.542. The maximum Gasteiger partial charge on any atom is 0.348 e. The quantitative estimate of drug-likeness (QED) is 0.312. The SMILES string of the molecule is CCCCC(CC)COC(=O)/C(C#N)=C/c1ccc(-c2ccccc2)cc1. The number of rotatable bonds is 9. The third-order valence-electron chi connectivity index (χ3n) is 4.66. The standard InChI is InChI=1S/C24H27NO2/c1-3-5-9-19(4-2)18-27-24(26)23(17-25)16-20-12-14-22(15-13-20)21-10-7-6-8-11-21/h6-8,10-16,19H,3-5,9,18H2,1-2H3/b23-16+. The zero-order chi connectivity index (χ0) is 19.5. The highest BCUT2D eigenvalue weighted by Gasteiger charge is 2.14. The molecule has 0 bridgehead atoms. The number of carbonyl (C=O) groups is 1. The highest BCUT2D eigenvalue weighted by molar-refractivity contribution is 5.97. The van der Waals surface area contributed by atoms with Gasteiger partial charge in [-0.2, -0.15) is 5.26 Å². The van der Waals surface area contributed by atoms with Crippen LogP contribution >= 0.6 is 0 Å². The number of carbonyl (C=O) groups excluding carboxylic acids is 1. The largest absolute Gasteiger partial charge is 0.461 e. The number of hydrogen-bond donors (Lipinski definition) is 0.